The molecule has 2 bridgehead atoms. The van der Waals surface area contributed by atoms with Gasteiger partial charge in [0.05, 0.1) is 5.92 Å². The SMILES string of the molecule is CN(C)C(=O)CN1C(=O)[C@H]2CC[C@@H]1CN(C(=O)CCc1ccncc1)C2. The van der Waals surface area contributed by atoms with Crippen LogP contribution in [0.25, 0.3) is 0 Å². The average molecular weight is 358 g/mol. The Morgan fingerprint density at radius 1 is 1.19 bits per heavy atom. The second-order valence-corrected chi connectivity index (χ2v) is 7.34. The first-order valence-electron chi connectivity index (χ1n) is 9.13. The van der Waals surface area contributed by atoms with Crippen molar-refractivity contribution in [2.24, 2.45) is 5.92 Å². The molecule has 1 aromatic heterocycles. The normalized spacial score (nSPS) is 22.3. The number of aromatic nitrogens is 1. The number of hydrogen-bond acceptors (Lipinski definition) is 4. The van der Waals surface area contributed by atoms with Gasteiger partial charge in [-0.1, -0.05) is 0 Å². The molecule has 0 spiro atoms. The summed E-state index contributed by atoms with van der Waals surface area (Å²) in [5.41, 5.74) is 1.08. The van der Waals surface area contributed by atoms with Crippen LogP contribution in [-0.2, 0) is 20.8 Å². The molecule has 0 unspecified atom stereocenters. The maximum Gasteiger partial charge on any atom is 0.241 e. The Kier molecular flexibility index (Phi) is 5.54. The van der Waals surface area contributed by atoms with Gasteiger partial charge in [-0.2, -0.15) is 0 Å². The minimum atomic E-state index is -0.186. The molecule has 26 heavy (non-hydrogen) atoms. The Balaban J connectivity index is 1.64. The number of fused-ring (bicyclic) bond motifs is 4. The van der Waals surface area contributed by atoms with E-state index < -0.39 is 0 Å². The van der Waals surface area contributed by atoms with Crippen molar-refractivity contribution in [3.05, 3.63) is 30.1 Å². The van der Waals surface area contributed by atoms with Gasteiger partial charge >= 0.3 is 0 Å². The lowest BCUT2D eigenvalue weighted by atomic mass is 9.94. The summed E-state index contributed by atoms with van der Waals surface area (Å²) in [7, 11) is 3.38. The highest BCUT2D eigenvalue weighted by atomic mass is 16.2. The van der Waals surface area contributed by atoms with Crippen molar-refractivity contribution in [2.45, 2.75) is 31.7 Å². The predicted octanol–water partition coefficient (Wildman–Crippen LogP) is 0.552. The summed E-state index contributed by atoms with van der Waals surface area (Å²) in [6, 6.07) is 3.77. The molecule has 2 atom stereocenters. The van der Waals surface area contributed by atoms with E-state index in [0.717, 1.165) is 18.4 Å². The van der Waals surface area contributed by atoms with Crippen LogP contribution in [0.2, 0.25) is 0 Å². The van der Waals surface area contributed by atoms with Crippen molar-refractivity contribution >= 4 is 17.7 Å². The number of rotatable bonds is 5. The van der Waals surface area contributed by atoms with Crippen LogP contribution in [0, 0.1) is 5.92 Å². The van der Waals surface area contributed by atoms with Crippen molar-refractivity contribution in [1.29, 1.82) is 0 Å². The van der Waals surface area contributed by atoms with Crippen LogP contribution in [-0.4, -0.2) is 77.2 Å². The molecule has 7 nitrogen and oxygen atoms in total. The zero-order valence-corrected chi connectivity index (χ0v) is 15.4. The molecule has 0 N–H and O–H groups in total. The number of likely N-dealkylation sites (N-methyl/N-ethyl adjacent to an activating group) is 1. The van der Waals surface area contributed by atoms with E-state index in [0.29, 0.717) is 25.9 Å². The van der Waals surface area contributed by atoms with Crippen molar-refractivity contribution in [3.63, 3.8) is 0 Å². The third kappa shape index (κ3) is 4.03. The molecule has 7 heteroatoms. The fraction of sp³-hybridized carbons (Fsp3) is 0.579. The zero-order chi connectivity index (χ0) is 18.7. The molecule has 3 aliphatic heterocycles. The van der Waals surface area contributed by atoms with Crippen LogP contribution in [0.3, 0.4) is 0 Å². The summed E-state index contributed by atoms with van der Waals surface area (Å²) in [6.45, 7) is 1.10. The summed E-state index contributed by atoms with van der Waals surface area (Å²) in [4.78, 5) is 46.5. The van der Waals surface area contributed by atoms with Gasteiger partial charge in [0.1, 0.15) is 6.54 Å². The molecule has 3 aliphatic rings. The van der Waals surface area contributed by atoms with Crippen molar-refractivity contribution < 1.29 is 14.4 Å². The van der Waals surface area contributed by atoms with E-state index in [4.69, 9.17) is 0 Å². The second-order valence-electron chi connectivity index (χ2n) is 7.34. The number of amides is 3. The van der Waals surface area contributed by atoms with E-state index in [1.807, 2.05) is 17.0 Å². The van der Waals surface area contributed by atoms with Crippen LogP contribution in [0.1, 0.15) is 24.8 Å². The van der Waals surface area contributed by atoms with E-state index in [1.165, 1.54) is 4.90 Å². The number of carbonyl (C=O) groups excluding carboxylic acids is 3. The van der Waals surface area contributed by atoms with Crippen LogP contribution in [0.15, 0.2) is 24.5 Å². The van der Waals surface area contributed by atoms with Gasteiger partial charge < -0.3 is 14.7 Å². The molecule has 1 aromatic rings. The monoisotopic (exact) mass is 358 g/mol. The summed E-state index contributed by atoms with van der Waals surface area (Å²) < 4.78 is 0. The molecule has 0 radical (unpaired) electrons. The molecule has 0 saturated carbocycles. The fourth-order valence-corrected chi connectivity index (χ4v) is 3.70. The zero-order valence-electron chi connectivity index (χ0n) is 15.4. The second kappa shape index (κ2) is 7.85. The number of nitrogens with zero attached hydrogens (tertiary/aromatic N) is 4. The number of piperidine rings is 1. The van der Waals surface area contributed by atoms with Gasteiger partial charge in [0.25, 0.3) is 0 Å². The predicted molar refractivity (Wildman–Crippen MR) is 96.1 cm³/mol. The first-order chi connectivity index (χ1) is 12.5. The van der Waals surface area contributed by atoms with Gasteiger partial charge in [-0.15, -0.1) is 0 Å². The Hall–Kier alpha value is -2.44. The van der Waals surface area contributed by atoms with Crippen molar-refractivity contribution in [1.82, 2.24) is 19.7 Å². The van der Waals surface area contributed by atoms with Crippen molar-refractivity contribution in [3.8, 4) is 0 Å². The van der Waals surface area contributed by atoms with E-state index in [9.17, 15) is 14.4 Å². The number of aryl methyl sites for hydroxylation is 1. The van der Waals surface area contributed by atoms with E-state index in [-0.39, 0.29) is 36.2 Å². The topological polar surface area (TPSA) is 73.8 Å². The van der Waals surface area contributed by atoms with Crippen molar-refractivity contribution in [2.75, 3.05) is 33.7 Å². The van der Waals surface area contributed by atoms with Crippen LogP contribution >= 0.6 is 0 Å². The van der Waals surface area contributed by atoms with Gasteiger partial charge in [0.2, 0.25) is 17.7 Å². The molecule has 140 valence electrons. The van der Waals surface area contributed by atoms with Gasteiger partial charge in [0, 0.05) is 52.0 Å². The molecule has 3 saturated heterocycles. The minimum absolute atomic E-state index is 0.0147. The largest absolute Gasteiger partial charge is 0.347 e. The Morgan fingerprint density at radius 3 is 2.62 bits per heavy atom. The highest BCUT2D eigenvalue weighted by Crippen LogP contribution is 2.29. The minimum Gasteiger partial charge on any atom is -0.347 e. The maximum absolute atomic E-state index is 12.7. The quantitative estimate of drug-likeness (QED) is 0.771. The molecular formula is C19H26N4O3. The third-order valence-electron chi connectivity index (χ3n) is 5.33. The molecule has 3 amide bonds. The molecule has 0 aliphatic carbocycles. The van der Waals surface area contributed by atoms with E-state index >= 15 is 0 Å². The molecular weight excluding hydrogens is 332 g/mol. The van der Waals surface area contributed by atoms with E-state index in [1.54, 1.807) is 31.4 Å². The highest BCUT2D eigenvalue weighted by Gasteiger charge is 2.42. The Bertz CT molecular complexity index is 677. The summed E-state index contributed by atoms with van der Waals surface area (Å²) in [5, 5.41) is 0. The number of pyridine rings is 1. The summed E-state index contributed by atoms with van der Waals surface area (Å²) in [6.07, 6.45) is 6.20. The highest BCUT2D eigenvalue weighted by molar-refractivity contribution is 5.88. The smallest absolute Gasteiger partial charge is 0.241 e. The van der Waals surface area contributed by atoms with Crippen LogP contribution < -0.4 is 0 Å². The molecule has 4 rings (SSSR count). The van der Waals surface area contributed by atoms with Gasteiger partial charge in [-0.25, -0.2) is 0 Å². The lowest BCUT2D eigenvalue weighted by Gasteiger charge is -2.35. The number of carbonyl (C=O) groups is 3. The third-order valence-corrected chi connectivity index (χ3v) is 5.33. The van der Waals surface area contributed by atoms with E-state index in [2.05, 4.69) is 4.98 Å². The number of hydrogen-bond donors (Lipinski definition) is 0. The first-order valence-corrected chi connectivity index (χ1v) is 9.13. The lowest BCUT2D eigenvalue weighted by Crippen LogP contribution is -2.51. The summed E-state index contributed by atoms with van der Waals surface area (Å²) >= 11 is 0. The Morgan fingerprint density at radius 2 is 1.92 bits per heavy atom. The van der Waals surface area contributed by atoms with Crippen LogP contribution in [0.4, 0.5) is 0 Å². The standard InChI is InChI=1S/C19H26N4O3/c1-21(2)18(25)13-23-16-5-4-15(19(23)26)11-22(12-16)17(24)6-3-14-7-9-20-10-8-14/h7-10,15-16H,3-6,11-13H2,1-2H3/t15-,16+/m0/s1. The summed E-state index contributed by atoms with van der Waals surface area (Å²) in [5.74, 6) is -0.178. The lowest BCUT2D eigenvalue weighted by molar-refractivity contribution is -0.145. The molecule has 0 aromatic carbocycles. The van der Waals surface area contributed by atoms with Gasteiger partial charge in [-0.05, 0) is 37.0 Å². The van der Waals surface area contributed by atoms with Gasteiger partial charge in [-0.3, -0.25) is 19.4 Å². The maximum atomic E-state index is 12.7. The van der Waals surface area contributed by atoms with Crippen LogP contribution in [0.5, 0.6) is 0 Å². The average Bonchev–Trinajstić information content (AvgIpc) is 2.93. The Labute approximate surface area is 154 Å². The van der Waals surface area contributed by atoms with Gasteiger partial charge in [0.15, 0.2) is 0 Å². The first kappa shape index (κ1) is 18.4. The molecule has 3 fully saturated rings. The fourth-order valence-electron chi connectivity index (χ4n) is 3.70. The molecule has 4 heterocycles.